The van der Waals surface area contributed by atoms with E-state index in [9.17, 15) is 27.2 Å². The zero-order valence-electron chi connectivity index (χ0n) is 14.3. The summed E-state index contributed by atoms with van der Waals surface area (Å²) >= 11 is 0. The van der Waals surface area contributed by atoms with Crippen molar-refractivity contribution < 1.29 is 36.6 Å². The number of ether oxygens (including phenoxy) is 2. The molecule has 144 valence electrons. The van der Waals surface area contributed by atoms with Crippen molar-refractivity contribution in [3.63, 3.8) is 0 Å². The first-order valence-corrected chi connectivity index (χ1v) is 7.65. The molecule has 0 aliphatic carbocycles. The van der Waals surface area contributed by atoms with E-state index in [4.69, 9.17) is 9.47 Å². The molecule has 1 atom stereocenters. The number of carbonyl (C=O) groups excluding carboxylic acids is 2. The van der Waals surface area contributed by atoms with Gasteiger partial charge < -0.3 is 14.8 Å². The molecule has 2 aromatic carbocycles. The summed E-state index contributed by atoms with van der Waals surface area (Å²) in [4.78, 5) is 24.1. The Kier molecular flexibility index (Phi) is 6.04. The van der Waals surface area contributed by atoms with Crippen LogP contribution < -0.4 is 10.1 Å². The molecule has 0 radical (unpaired) electrons. The maximum atomic E-state index is 13.6. The highest BCUT2D eigenvalue weighted by molar-refractivity contribution is 5.97. The molecule has 1 amide bonds. The van der Waals surface area contributed by atoms with Gasteiger partial charge in [0.25, 0.3) is 5.91 Å². The van der Waals surface area contributed by atoms with Crippen molar-refractivity contribution in [2.45, 2.75) is 19.2 Å². The summed E-state index contributed by atoms with van der Waals surface area (Å²) in [5, 5.41) is 2.07. The van der Waals surface area contributed by atoms with Gasteiger partial charge in [-0.15, -0.1) is 0 Å². The third kappa shape index (κ3) is 4.96. The minimum atomic E-state index is -4.66. The van der Waals surface area contributed by atoms with E-state index in [1.807, 2.05) is 0 Å². The molecule has 2 aromatic rings. The number of hydrogen-bond acceptors (Lipinski definition) is 4. The van der Waals surface area contributed by atoms with Gasteiger partial charge in [0.1, 0.15) is 0 Å². The molecular weight excluding hydrogens is 370 g/mol. The number of benzene rings is 2. The van der Waals surface area contributed by atoms with Gasteiger partial charge in [-0.25, -0.2) is 9.18 Å². The van der Waals surface area contributed by atoms with Gasteiger partial charge in [0, 0.05) is 0 Å². The Bertz CT molecular complexity index is 851. The van der Waals surface area contributed by atoms with Crippen LogP contribution in [0.2, 0.25) is 0 Å². The van der Waals surface area contributed by atoms with E-state index in [-0.39, 0.29) is 11.3 Å². The van der Waals surface area contributed by atoms with Crippen molar-refractivity contribution in [3.05, 3.63) is 59.4 Å². The van der Waals surface area contributed by atoms with E-state index in [2.05, 4.69) is 5.32 Å². The van der Waals surface area contributed by atoms with Crippen molar-refractivity contribution in [2.24, 2.45) is 0 Å². The molecule has 5 nitrogen and oxygen atoms in total. The fourth-order valence-corrected chi connectivity index (χ4v) is 2.15. The molecule has 0 bridgehead atoms. The summed E-state index contributed by atoms with van der Waals surface area (Å²) in [6.45, 7) is 1.18. The molecular formula is C18H15F4NO4. The smallest absolute Gasteiger partial charge is 0.418 e. The molecule has 0 aliphatic rings. The predicted octanol–water partition coefficient (Wildman–Crippen LogP) is 4.04. The molecule has 27 heavy (non-hydrogen) atoms. The number of nitrogens with one attached hydrogen (secondary N) is 1. The number of para-hydroxylation sites is 1. The minimum absolute atomic E-state index is 0.0823. The average molecular weight is 385 g/mol. The molecule has 1 N–H and O–H groups in total. The third-order valence-corrected chi connectivity index (χ3v) is 3.53. The number of carbonyl (C=O) groups is 2. The van der Waals surface area contributed by atoms with Gasteiger partial charge in [-0.1, -0.05) is 12.1 Å². The second kappa shape index (κ2) is 8.07. The van der Waals surface area contributed by atoms with Gasteiger partial charge in [-0.2, -0.15) is 13.2 Å². The number of alkyl halides is 3. The van der Waals surface area contributed by atoms with Crippen LogP contribution in [0.1, 0.15) is 22.8 Å². The van der Waals surface area contributed by atoms with E-state index in [1.165, 1.54) is 38.3 Å². The molecule has 0 fully saturated rings. The third-order valence-electron chi connectivity index (χ3n) is 3.53. The second-order valence-corrected chi connectivity index (χ2v) is 5.43. The zero-order chi connectivity index (χ0) is 20.2. The Labute approximate surface area is 151 Å². The largest absolute Gasteiger partial charge is 0.494 e. The molecule has 0 aliphatic heterocycles. The molecule has 0 saturated heterocycles. The minimum Gasteiger partial charge on any atom is -0.494 e. The number of halogens is 4. The summed E-state index contributed by atoms with van der Waals surface area (Å²) in [5.74, 6) is -2.86. The summed E-state index contributed by atoms with van der Waals surface area (Å²) in [6, 6.07) is 7.69. The monoisotopic (exact) mass is 385 g/mol. The van der Waals surface area contributed by atoms with Crippen LogP contribution in [-0.4, -0.2) is 25.1 Å². The van der Waals surface area contributed by atoms with Crippen LogP contribution in [0.4, 0.5) is 23.2 Å². The number of methoxy groups -OCH3 is 1. The quantitative estimate of drug-likeness (QED) is 0.623. The lowest BCUT2D eigenvalue weighted by Gasteiger charge is -2.17. The lowest BCUT2D eigenvalue weighted by Crippen LogP contribution is -2.30. The summed E-state index contributed by atoms with van der Waals surface area (Å²) in [7, 11) is 1.25. The van der Waals surface area contributed by atoms with Crippen molar-refractivity contribution in [3.8, 4) is 5.75 Å². The Morgan fingerprint density at radius 1 is 1.11 bits per heavy atom. The highest BCUT2D eigenvalue weighted by Gasteiger charge is 2.34. The van der Waals surface area contributed by atoms with Crippen LogP contribution in [0.15, 0.2) is 42.5 Å². The summed E-state index contributed by atoms with van der Waals surface area (Å²) in [5.41, 5.74) is -1.67. The Balaban J connectivity index is 2.08. The van der Waals surface area contributed by atoms with Crippen LogP contribution in [0.25, 0.3) is 0 Å². The number of hydrogen-bond donors (Lipinski definition) is 1. The zero-order valence-corrected chi connectivity index (χ0v) is 14.3. The van der Waals surface area contributed by atoms with Crippen LogP contribution in [0.3, 0.4) is 0 Å². The van der Waals surface area contributed by atoms with Crippen molar-refractivity contribution in [1.82, 2.24) is 0 Å². The number of rotatable bonds is 5. The lowest BCUT2D eigenvalue weighted by molar-refractivity contribution is -0.137. The van der Waals surface area contributed by atoms with Crippen molar-refractivity contribution in [2.75, 3.05) is 12.4 Å². The van der Waals surface area contributed by atoms with Crippen LogP contribution in [-0.2, 0) is 15.7 Å². The van der Waals surface area contributed by atoms with Crippen molar-refractivity contribution in [1.29, 1.82) is 0 Å². The van der Waals surface area contributed by atoms with Crippen molar-refractivity contribution >= 4 is 17.6 Å². The number of esters is 1. The standard InChI is InChI=1S/C18H15F4NO4/c1-10(27-17(25)11-7-8-15(26-2)13(19)9-11)16(24)23-14-6-4-3-5-12(14)18(20,21)22/h3-10H,1-2H3,(H,23,24)/t10-/m1/s1. The first-order valence-electron chi connectivity index (χ1n) is 7.65. The van der Waals surface area contributed by atoms with E-state index < -0.39 is 41.2 Å². The van der Waals surface area contributed by atoms with Crippen LogP contribution >= 0.6 is 0 Å². The van der Waals surface area contributed by atoms with E-state index >= 15 is 0 Å². The highest BCUT2D eigenvalue weighted by Crippen LogP contribution is 2.34. The highest BCUT2D eigenvalue weighted by atomic mass is 19.4. The van der Waals surface area contributed by atoms with Gasteiger partial charge in [0.2, 0.25) is 0 Å². The average Bonchev–Trinajstić information content (AvgIpc) is 2.61. The first kappa shape index (κ1) is 20.2. The Morgan fingerprint density at radius 2 is 1.78 bits per heavy atom. The van der Waals surface area contributed by atoms with Gasteiger partial charge in [0.15, 0.2) is 17.7 Å². The van der Waals surface area contributed by atoms with Gasteiger partial charge in [0.05, 0.1) is 23.9 Å². The SMILES string of the molecule is COc1ccc(C(=O)O[C@H](C)C(=O)Nc2ccccc2C(F)(F)F)cc1F. The second-order valence-electron chi connectivity index (χ2n) is 5.43. The van der Waals surface area contributed by atoms with E-state index in [0.29, 0.717) is 0 Å². The van der Waals surface area contributed by atoms with Crippen LogP contribution in [0, 0.1) is 5.82 Å². The number of anilines is 1. The van der Waals surface area contributed by atoms with Gasteiger partial charge in [-0.3, -0.25) is 4.79 Å². The fourth-order valence-electron chi connectivity index (χ4n) is 2.15. The fraction of sp³-hybridized carbons (Fsp3) is 0.222. The Hall–Kier alpha value is -3.10. The number of amides is 1. The summed E-state index contributed by atoms with van der Waals surface area (Å²) < 4.78 is 62.1. The molecule has 0 unspecified atom stereocenters. The lowest BCUT2D eigenvalue weighted by atomic mass is 10.1. The summed E-state index contributed by atoms with van der Waals surface area (Å²) in [6.07, 6.45) is -6.08. The van der Waals surface area contributed by atoms with Gasteiger partial charge in [-0.05, 0) is 37.3 Å². The topological polar surface area (TPSA) is 64.6 Å². The molecule has 9 heteroatoms. The predicted molar refractivity (Wildman–Crippen MR) is 87.9 cm³/mol. The molecule has 2 rings (SSSR count). The normalized spacial score (nSPS) is 12.2. The maximum Gasteiger partial charge on any atom is 0.418 e. The molecule has 0 aromatic heterocycles. The van der Waals surface area contributed by atoms with E-state index in [0.717, 1.165) is 18.2 Å². The Morgan fingerprint density at radius 3 is 2.37 bits per heavy atom. The first-order chi connectivity index (χ1) is 12.6. The van der Waals surface area contributed by atoms with E-state index in [1.54, 1.807) is 0 Å². The van der Waals surface area contributed by atoms with Crippen LogP contribution in [0.5, 0.6) is 5.75 Å². The molecule has 0 saturated carbocycles. The maximum absolute atomic E-state index is 13.6. The van der Waals surface area contributed by atoms with Gasteiger partial charge >= 0.3 is 12.1 Å². The molecule has 0 spiro atoms. The molecule has 0 heterocycles.